The van der Waals surface area contributed by atoms with Gasteiger partial charge in [-0.3, -0.25) is 0 Å². The second kappa shape index (κ2) is 10.5. The van der Waals surface area contributed by atoms with Gasteiger partial charge in [-0.05, 0) is 64.2 Å². The lowest BCUT2D eigenvalue weighted by Crippen LogP contribution is -2.37. The van der Waals surface area contributed by atoms with Gasteiger partial charge in [-0.1, -0.05) is 19.4 Å². The van der Waals surface area contributed by atoms with Gasteiger partial charge in [-0.25, -0.2) is 14.5 Å². The van der Waals surface area contributed by atoms with Gasteiger partial charge in [0.1, 0.15) is 5.82 Å². The van der Waals surface area contributed by atoms with Crippen LogP contribution in [0.15, 0.2) is 18.5 Å². The van der Waals surface area contributed by atoms with Gasteiger partial charge in [0.15, 0.2) is 11.5 Å². The molecule has 0 radical (unpaired) electrons. The zero-order valence-corrected chi connectivity index (χ0v) is 20.8. The average molecular weight is 469 g/mol. The fourth-order valence-electron chi connectivity index (χ4n) is 4.75. The Morgan fingerprint density at radius 1 is 1.26 bits per heavy atom. The Hall–Kier alpha value is -2.94. The minimum Gasteiger partial charge on any atom is -0.380 e. The zero-order valence-electron chi connectivity index (χ0n) is 23.8. The molecule has 1 atom stereocenters. The molecule has 9 heteroatoms. The third kappa shape index (κ3) is 5.58. The number of nitrogens with zero attached hydrogens (tertiary/aromatic N) is 7. The van der Waals surface area contributed by atoms with E-state index >= 15 is 0 Å². The highest BCUT2D eigenvalue weighted by molar-refractivity contribution is 5.61. The largest absolute Gasteiger partial charge is 0.380 e. The number of aromatic nitrogens is 5. The number of hydrogen-bond acceptors (Lipinski definition) is 8. The van der Waals surface area contributed by atoms with Gasteiger partial charge < -0.3 is 20.9 Å². The number of rotatable bonds is 9. The molecule has 34 heavy (non-hydrogen) atoms. The molecule has 9 nitrogen and oxygen atoms in total. The predicted molar refractivity (Wildman–Crippen MR) is 138 cm³/mol. The summed E-state index contributed by atoms with van der Waals surface area (Å²) >= 11 is 0. The molecule has 4 heterocycles. The predicted octanol–water partition coefficient (Wildman–Crippen LogP) is 3.38. The van der Waals surface area contributed by atoms with Crippen LogP contribution in [0.25, 0.3) is 5.65 Å². The monoisotopic (exact) mass is 468 g/mol. The first kappa shape index (κ1) is 20.4. The molecule has 1 aliphatic heterocycles. The lowest BCUT2D eigenvalue weighted by Gasteiger charge is -2.34. The van der Waals surface area contributed by atoms with E-state index in [1.807, 2.05) is 13.1 Å². The highest BCUT2D eigenvalue weighted by Gasteiger charge is 2.22. The van der Waals surface area contributed by atoms with Crippen molar-refractivity contribution in [2.24, 2.45) is 5.92 Å². The Morgan fingerprint density at radius 3 is 2.74 bits per heavy atom. The Bertz CT molecular complexity index is 1200. The molecule has 3 N–H and O–H groups in total. The van der Waals surface area contributed by atoms with E-state index in [1.165, 1.54) is 12.8 Å². The molecule has 3 aromatic heterocycles. The normalized spacial score (nSPS) is 17.6. The summed E-state index contributed by atoms with van der Waals surface area (Å²) in [7, 11) is 4.28. The molecule has 0 aromatic carbocycles. The van der Waals surface area contributed by atoms with E-state index < -0.39 is 12.9 Å². The Morgan fingerprint density at radius 2 is 2.06 bits per heavy atom. The second-order valence-electron chi connectivity index (χ2n) is 9.64. The number of pyridine rings is 1. The van der Waals surface area contributed by atoms with Crippen LogP contribution in [-0.2, 0) is 6.42 Å². The van der Waals surface area contributed by atoms with Gasteiger partial charge in [0.25, 0.3) is 0 Å². The van der Waals surface area contributed by atoms with Crippen molar-refractivity contribution in [3.05, 3.63) is 35.3 Å². The molecule has 3 aromatic rings. The van der Waals surface area contributed by atoms with E-state index in [9.17, 15) is 0 Å². The van der Waals surface area contributed by atoms with Crippen LogP contribution in [0.4, 0.5) is 17.6 Å². The number of nitrogens with one attached hydrogen (secondary N) is 1. The summed E-state index contributed by atoms with van der Waals surface area (Å²) in [4.78, 5) is 18.1. The van der Waals surface area contributed by atoms with Gasteiger partial charge in [-0.2, -0.15) is 4.98 Å². The molecule has 184 valence electrons. The topological polar surface area (TPSA) is 100 Å². The molecule has 1 fully saturated rings. The van der Waals surface area contributed by atoms with Crippen molar-refractivity contribution in [1.29, 1.82) is 0 Å². The number of piperidine rings is 1. The Balaban J connectivity index is 1.51. The van der Waals surface area contributed by atoms with E-state index in [-0.39, 0.29) is 11.8 Å². The Kier molecular flexibility index (Phi) is 6.34. The Labute approximate surface area is 207 Å². The van der Waals surface area contributed by atoms with E-state index in [1.54, 1.807) is 10.7 Å². The van der Waals surface area contributed by atoms with Crippen molar-refractivity contribution in [2.75, 3.05) is 49.7 Å². The third-order valence-corrected chi connectivity index (χ3v) is 6.37. The van der Waals surface area contributed by atoms with Crippen molar-refractivity contribution < 1.29 is 4.11 Å². The van der Waals surface area contributed by atoms with Crippen LogP contribution in [-0.4, -0.2) is 69.2 Å². The van der Waals surface area contributed by atoms with E-state index in [2.05, 4.69) is 57.3 Å². The number of aryl methyl sites for hydroxylation is 1. The summed E-state index contributed by atoms with van der Waals surface area (Å²) in [6.45, 7) is 5.07. The third-order valence-electron chi connectivity index (χ3n) is 6.37. The summed E-state index contributed by atoms with van der Waals surface area (Å²) in [5.74, 6) is 2.18. The van der Waals surface area contributed by atoms with Crippen LogP contribution < -0.4 is 16.0 Å². The van der Waals surface area contributed by atoms with Crippen molar-refractivity contribution >= 4 is 23.2 Å². The van der Waals surface area contributed by atoms with Crippen LogP contribution >= 0.6 is 0 Å². The number of nitrogens with two attached hydrogens (primary N) is 1. The van der Waals surface area contributed by atoms with Crippen molar-refractivity contribution in [1.82, 2.24) is 29.5 Å². The first-order chi connectivity index (χ1) is 17.5. The second-order valence-corrected chi connectivity index (χ2v) is 9.64. The van der Waals surface area contributed by atoms with E-state index in [4.69, 9.17) is 14.8 Å². The first-order valence-corrected chi connectivity index (χ1v) is 12.2. The molecular formula is C25H39N9. The van der Waals surface area contributed by atoms with Crippen LogP contribution in [0.1, 0.15) is 60.4 Å². The number of fused-ring (bicyclic) bond motifs is 1. The number of hydrogen-bond donors (Lipinski definition) is 2. The van der Waals surface area contributed by atoms with Gasteiger partial charge >= 0.3 is 0 Å². The van der Waals surface area contributed by atoms with Crippen molar-refractivity contribution in [3.8, 4) is 0 Å². The molecule has 0 bridgehead atoms. The molecule has 4 rings (SSSR count). The SMILES string of the molecule is [2H]C([2H])([2H])[C@@H](CCC)Nc1nc(N)c2ncc(Cc3cnc(N4CCC(CN(C)C)CC4)c(C)c3)n2n1. The maximum Gasteiger partial charge on any atom is 0.243 e. The maximum absolute atomic E-state index is 7.82. The standard InChI is InChI=1S/C25H39N9/c1-6-7-18(3)29-25-30-22(26)24-28-15-21(34(24)31-25)13-20-12-17(2)23(27-14-20)33-10-8-19(9-11-33)16-32(4)5/h12,14-15,18-19H,6-11,13,16H2,1-5H3,(H3,26,29,30,31)/t18-/m0/s1/i3D3. The summed E-state index contributed by atoms with van der Waals surface area (Å²) in [5.41, 5.74) is 9.61. The van der Waals surface area contributed by atoms with Crippen LogP contribution in [0.5, 0.6) is 0 Å². The number of nitrogen functional groups attached to an aromatic ring is 1. The van der Waals surface area contributed by atoms with E-state index in [0.29, 0.717) is 18.5 Å². The molecular weight excluding hydrogens is 426 g/mol. The van der Waals surface area contributed by atoms with Crippen LogP contribution in [0.2, 0.25) is 0 Å². The minimum atomic E-state index is -2.17. The maximum atomic E-state index is 7.82. The first-order valence-electron chi connectivity index (χ1n) is 13.7. The molecule has 0 amide bonds. The lowest BCUT2D eigenvalue weighted by molar-refractivity contribution is 0.284. The molecule has 1 aliphatic rings. The summed E-state index contributed by atoms with van der Waals surface area (Å²) < 4.78 is 25.1. The van der Waals surface area contributed by atoms with Crippen molar-refractivity contribution in [2.45, 2.75) is 58.8 Å². The van der Waals surface area contributed by atoms with Gasteiger partial charge in [0, 0.05) is 42.4 Å². The number of imidazole rings is 1. The van der Waals surface area contributed by atoms with Gasteiger partial charge in [0.05, 0.1) is 11.9 Å². The molecule has 0 spiro atoms. The summed E-state index contributed by atoms with van der Waals surface area (Å²) in [6.07, 6.45) is 7.77. The smallest absolute Gasteiger partial charge is 0.243 e. The molecule has 0 aliphatic carbocycles. The highest BCUT2D eigenvalue weighted by atomic mass is 15.3. The highest BCUT2D eigenvalue weighted by Crippen LogP contribution is 2.26. The lowest BCUT2D eigenvalue weighted by atomic mass is 9.96. The van der Waals surface area contributed by atoms with Crippen molar-refractivity contribution in [3.63, 3.8) is 0 Å². The minimum absolute atomic E-state index is 0.182. The zero-order chi connectivity index (χ0) is 26.7. The molecule has 0 saturated carbocycles. The fourth-order valence-corrected chi connectivity index (χ4v) is 4.75. The quantitative estimate of drug-likeness (QED) is 0.493. The average Bonchev–Trinajstić information content (AvgIpc) is 3.22. The van der Waals surface area contributed by atoms with Crippen LogP contribution in [0, 0.1) is 12.8 Å². The van der Waals surface area contributed by atoms with Gasteiger partial charge in [0.2, 0.25) is 5.95 Å². The van der Waals surface area contributed by atoms with Gasteiger partial charge in [-0.15, -0.1) is 5.10 Å². The molecule has 1 saturated heterocycles. The van der Waals surface area contributed by atoms with E-state index in [0.717, 1.165) is 54.6 Å². The van der Waals surface area contributed by atoms with Crippen LogP contribution in [0.3, 0.4) is 0 Å². The number of anilines is 3. The summed E-state index contributed by atoms with van der Waals surface area (Å²) in [5, 5.41) is 7.50. The molecule has 0 unspecified atom stereocenters. The fraction of sp³-hybridized carbons (Fsp3) is 0.600. The summed E-state index contributed by atoms with van der Waals surface area (Å²) in [6, 6.07) is 1.41.